The van der Waals surface area contributed by atoms with Crippen molar-refractivity contribution >= 4 is 5.78 Å². The number of rotatable bonds is 2. The molecule has 0 saturated heterocycles. The average Bonchev–Trinajstić information content (AvgIpc) is 2.00. The Morgan fingerprint density at radius 2 is 1.93 bits per heavy atom. The van der Waals surface area contributed by atoms with Crippen LogP contribution in [0.5, 0.6) is 0 Å². The Morgan fingerprint density at radius 1 is 1.29 bits per heavy atom. The fourth-order valence-corrected chi connectivity index (χ4v) is 1.79. The van der Waals surface area contributed by atoms with E-state index in [-0.39, 0.29) is 5.78 Å². The van der Waals surface area contributed by atoms with Gasteiger partial charge in [0.25, 0.3) is 0 Å². The number of allylic oxidation sites excluding steroid dienone is 1. The summed E-state index contributed by atoms with van der Waals surface area (Å²) in [6.45, 7) is 3.13. The van der Waals surface area contributed by atoms with Crippen LogP contribution in [0.1, 0.15) is 52.4 Å². The average molecular weight is 196 g/mol. The van der Waals surface area contributed by atoms with Crippen LogP contribution in [0.3, 0.4) is 0 Å². The molecule has 14 heavy (non-hydrogen) atoms. The molecule has 0 atom stereocenters. The van der Waals surface area contributed by atoms with Gasteiger partial charge >= 0.3 is 0 Å². The van der Waals surface area contributed by atoms with Crippen LogP contribution in [0.25, 0.3) is 0 Å². The van der Waals surface area contributed by atoms with Crippen molar-refractivity contribution in [2.75, 3.05) is 0 Å². The second-order valence-electron chi connectivity index (χ2n) is 4.57. The van der Waals surface area contributed by atoms with Crippen molar-refractivity contribution in [1.82, 2.24) is 0 Å². The first-order chi connectivity index (χ1) is 6.52. The molecule has 0 spiro atoms. The SMILES string of the molecule is CC(C)(O)C(=O)C1=CCCCCCC1. The lowest BCUT2D eigenvalue weighted by molar-refractivity contribution is -0.130. The van der Waals surface area contributed by atoms with E-state index in [4.69, 9.17) is 0 Å². The first-order valence-electron chi connectivity index (χ1n) is 5.48. The van der Waals surface area contributed by atoms with E-state index < -0.39 is 5.60 Å². The molecule has 80 valence electrons. The fourth-order valence-electron chi connectivity index (χ4n) is 1.79. The number of Topliss-reactive ketones (excluding diaryl/α,β-unsaturated/α-hetero) is 1. The molecule has 2 heteroatoms. The Kier molecular flexibility index (Phi) is 3.87. The summed E-state index contributed by atoms with van der Waals surface area (Å²) >= 11 is 0. The second kappa shape index (κ2) is 4.74. The van der Waals surface area contributed by atoms with Crippen LogP contribution in [0.15, 0.2) is 11.6 Å². The maximum absolute atomic E-state index is 11.8. The first kappa shape index (κ1) is 11.4. The van der Waals surface area contributed by atoms with Gasteiger partial charge in [0.15, 0.2) is 5.78 Å². The minimum Gasteiger partial charge on any atom is -0.382 e. The van der Waals surface area contributed by atoms with Crippen LogP contribution in [-0.2, 0) is 4.79 Å². The molecule has 0 saturated carbocycles. The van der Waals surface area contributed by atoms with Crippen molar-refractivity contribution in [3.63, 3.8) is 0 Å². The smallest absolute Gasteiger partial charge is 0.189 e. The van der Waals surface area contributed by atoms with Crippen molar-refractivity contribution < 1.29 is 9.90 Å². The zero-order chi connectivity index (χ0) is 10.6. The van der Waals surface area contributed by atoms with Gasteiger partial charge in [-0.1, -0.05) is 18.9 Å². The lowest BCUT2D eigenvalue weighted by Crippen LogP contribution is -2.32. The van der Waals surface area contributed by atoms with Crippen LogP contribution < -0.4 is 0 Å². The van der Waals surface area contributed by atoms with Gasteiger partial charge in [0.05, 0.1) is 0 Å². The van der Waals surface area contributed by atoms with Crippen molar-refractivity contribution in [2.45, 2.75) is 58.0 Å². The summed E-state index contributed by atoms with van der Waals surface area (Å²) in [5.41, 5.74) is -0.373. The Bertz CT molecular complexity index is 233. The van der Waals surface area contributed by atoms with Gasteiger partial charge in [0.1, 0.15) is 5.60 Å². The molecule has 0 aromatic rings. The largest absolute Gasteiger partial charge is 0.382 e. The van der Waals surface area contributed by atoms with E-state index in [1.807, 2.05) is 6.08 Å². The molecule has 2 nitrogen and oxygen atoms in total. The summed E-state index contributed by atoms with van der Waals surface area (Å²) in [4.78, 5) is 11.8. The van der Waals surface area contributed by atoms with E-state index in [9.17, 15) is 9.90 Å². The summed E-state index contributed by atoms with van der Waals surface area (Å²) < 4.78 is 0. The molecule has 1 aliphatic carbocycles. The van der Waals surface area contributed by atoms with E-state index in [2.05, 4.69) is 0 Å². The highest BCUT2D eigenvalue weighted by atomic mass is 16.3. The van der Waals surface area contributed by atoms with Gasteiger partial charge in [-0.3, -0.25) is 4.79 Å². The van der Waals surface area contributed by atoms with Crippen LogP contribution >= 0.6 is 0 Å². The fraction of sp³-hybridized carbons (Fsp3) is 0.750. The van der Waals surface area contributed by atoms with Gasteiger partial charge < -0.3 is 5.11 Å². The summed E-state index contributed by atoms with van der Waals surface area (Å²) in [5.74, 6) is -0.0978. The van der Waals surface area contributed by atoms with Gasteiger partial charge in [0, 0.05) is 0 Å². The molecule has 1 N–H and O–H groups in total. The Hall–Kier alpha value is -0.630. The van der Waals surface area contributed by atoms with Crippen molar-refractivity contribution in [3.8, 4) is 0 Å². The summed E-state index contributed by atoms with van der Waals surface area (Å²) in [7, 11) is 0. The maximum Gasteiger partial charge on any atom is 0.189 e. The third kappa shape index (κ3) is 3.26. The first-order valence-corrected chi connectivity index (χ1v) is 5.48. The molecule has 1 rings (SSSR count). The molecule has 1 aliphatic rings. The monoisotopic (exact) mass is 196 g/mol. The van der Waals surface area contributed by atoms with Crippen LogP contribution in [0.2, 0.25) is 0 Å². The zero-order valence-electron chi connectivity index (χ0n) is 9.18. The lowest BCUT2D eigenvalue weighted by Gasteiger charge is -2.19. The zero-order valence-corrected chi connectivity index (χ0v) is 9.18. The van der Waals surface area contributed by atoms with Crippen LogP contribution in [0, 0.1) is 0 Å². The highest BCUT2D eigenvalue weighted by molar-refractivity contribution is 6.01. The van der Waals surface area contributed by atoms with Gasteiger partial charge in [-0.25, -0.2) is 0 Å². The van der Waals surface area contributed by atoms with Crippen molar-refractivity contribution in [1.29, 1.82) is 0 Å². The molecule has 0 fully saturated rings. The number of hydrogen-bond donors (Lipinski definition) is 1. The Balaban J connectivity index is 2.69. The van der Waals surface area contributed by atoms with Crippen LogP contribution in [-0.4, -0.2) is 16.5 Å². The van der Waals surface area contributed by atoms with Crippen molar-refractivity contribution in [2.24, 2.45) is 0 Å². The van der Waals surface area contributed by atoms with E-state index in [1.165, 1.54) is 19.3 Å². The highest BCUT2D eigenvalue weighted by Gasteiger charge is 2.26. The van der Waals surface area contributed by atoms with Gasteiger partial charge in [-0.2, -0.15) is 0 Å². The van der Waals surface area contributed by atoms with Crippen molar-refractivity contribution in [3.05, 3.63) is 11.6 Å². The molecular weight excluding hydrogens is 176 g/mol. The molecule has 0 aromatic carbocycles. The molecule has 0 radical (unpaired) electrons. The predicted octanol–water partition coefficient (Wildman–Crippen LogP) is 2.61. The van der Waals surface area contributed by atoms with E-state index in [0.717, 1.165) is 24.8 Å². The summed E-state index contributed by atoms with van der Waals surface area (Å²) in [6.07, 6.45) is 8.55. The lowest BCUT2D eigenvalue weighted by atomic mass is 9.90. The van der Waals surface area contributed by atoms with Crippen LogP contribution in [0.4, 0.5) is 0 Å². The molecule has 0 unspecified atom stereocenters. The van der Waals surface area contributed by atoms with Gasteiger partial charge in [-0.05, 0) is 45.1 Å². The normalized spacial score (nSPS) is 19.5. The summed E-state index contributed by atoms with van der Waals surface area (Å²) in [5, 5.41) is 9.61. The molecular formula is C12H20O2. The number of aliphatic hydroxyl groups is 1. The van der Waals surface area contributed by atoms with E-state index >= 15 is 0 Å². The third-order valence-electron chi connectivity index (χ3n) is 2.64. The standard InChI is InChI=1S/C12H20O2/c1-12(2,14)11(13)10-8-6-4-3-5-7-9-10/h8,14H,3-7,9H2,1-2H3. The Labute approximate surface area is 86.0 Å². The quantitative estimate of drug-likeness (QED) is 0.737. The number of hydrogen-bond acceptors (Lipinski definition) is 2. The minimum absolute atomic E-state index is 0.0978. The third-order valence-corrected chi connectivity index (χ3v) is 2.64. The molecule has 0 bridgehead atoms. The van der Waals surface area contributed by atoms with Gasteiger partial charge in [0.2, 0.25) is 0 Å². The van der Waals surface area contributed by atoms with E-state index in [0.29, 0.717) is 0 Å². The predicted molar refractivity (Wildman–Crippen MR) is 57.1 cm³/mol. The number of ketones is 1. The highest BCUT2D eigenvalue weighted by Crippen LogP contribution is 2.21. The minimum atomic E-state index is -1.20. The topological polar surface area (TPSA) is 37.3 Å². The molecule has 0 aliphatic heterocycles. The molecule has 0 heterocycles. The number of carbonyl (C=O) groups is 1. The second-order valence-corrected chi connectivity index (χ2v) is 4.57. The molecule has 0 amide bonds. The maximum atomic E-state index is 11.8. The van der Waals surface area contributed by atoms with E-state index in [1.54, 1.807) is 13.8 Å². The Morgan fingerprint density at radius 3 is 2.57 bits per heavy atom. The number of carbonyl (C=O) groups excluding carboxylic acids is 1. The van der Waals surface area contributed by atoms with Gasteiger partial charge in [-0.15, -0.1) is 0 Å². The summed E-state index contributed by atoms with van der Waals surface area (Å²) in [6, 6.07) is 0. The molecule has 0 aromatic heterocycles.